The standard InChI is InChI=1S/C26H16F2N4O2S/c27-17-8-6-16(7-9-17)23-21(15-32(31-23)19-4-2-1-3-5-19)25(34)30-18-10-11-22(28)20(14-18)24(33)26-29-12-13-35-26/h1-15H,(H,30,34). The summed E-state index contributed by atoms with van der Waals surface area (Å²) in [6.07, 6.45) is 3.03. The zero-order valence-electron chi connectivity index (χ0n) is 18.0. The Kier molecular flexibility index (Phi) is 5.99. The fraction of sp³-hybridized carbons (Fsp3) is 0. The molecule has 9 heteroatoms. The number of rotatable bonds is 6. The molecule has 0 atom stereocenters. The number of benzene rings is 3. The largest absolute Gasteiger partial charge is 0.322 e. The molecule has 0 saturated carbocycles. The number of halogens is 2. The molecule has 0 spiro atoms. The van der Waals surface area contributed by atoms with E-state index in [-0.39, 0.29) is 21.8 Å². The molecule has 35 heavy (non-hydrogen) atoms. The highest BCUT2D eigenvalue weighted by Gasteiger charge is 2.21. The van der Waals surface area contributed by atoms with Gasteiger partial charge in [-0.05, 0) is 54.6 Å². The number of hydrogen-bond acceptors (Lipinski definition) is 5. The van der Waals surface area contributed by atoms with Gasteiger partial charge in [-0.2, -0.15) is 5.10 Å². The first-order chi connectivity index (χ1) is 17.0. The highest BCUT2D eigenvalue weighted by atomic mass is 32.1. The maximum absolute atomic E-state index is 14.4. The van der Waals surface area contributed by atoms with Crippen LogP contribution in [0.3, 0.4) is 0 Å². The third kappa shape index (κ3) is 4.62. The molecule has 0 unspecified atom stereocenters. The maximum atomic E-state index is 14.4. The van der Waals surface area contributed by atoms with E-state index in [1.807, 2.05) is 30.3 Å². The van der Waals surface area contributed by atoms with Crippen LogP contribution in [-0.4, -0.2) is 26.5 Å². The minimum Gasteiger partial charge on any atom is -0.322 e. The minimum atomic E-state index is -0.716. The van der Waals surface area contributed by atoms with E-state index in [9.17, 15) is 18.4 Å². The highest BCUT2D eigenvalue weighted by molar-refractivity contribution is 7.11. The molecule has 1 amide bonds. The number of anilines is 1. The molecule has 0 radical (unpaired) electrons. The van der Waals surface area contributed by atoms with Crippen LogP contribution in [0.25, 0.3) is 16.9 Å². The van der Waals surface area contributed by atoms with Crippen molar-refractivity contribution in [3.63, 3.8) is 0 Å². The smallest absolute Gasteiger partial charge is 0.259 e. The van der Waals surface area contributed by atoms with Gasteiger partial charge in [-0.3, -0.25) is 9.59 Å². The molecule has 0 aliphatic heterocycles. The average molecular weight is 487 g/mol. The minimum absolute atomic E-state index is 0.148. The fourth-order valence-corrected chi connectivity index (χ4v) is 4.09. The molecule has 0 fully saturated rings. The van der Waals surface area contributed by atoms with Crippen molar-refractivity contribution in [1.29, 1.82) is 0 Å². The molecule has 2 aromatic heterocycles. The monoisotopic (exact) mass is 486 g/mol. The van der Waals surface area contributed by atoms with Crippen LogP contribution in [0.5, 0.6) is 0 Å². The van der Waals surface area contributed by atoms with E-state index in [2.05, 4.69) is 15.4 Å². The summed E-state index contributed by atoms with van der Waals surface area (Å²) >= 11 is 1.10. The molecule has 6 nitrogen and oxygen atoms in total. The molecule has 3 aromatic carbocycles. The Bertz CT molecular complexity index is 1520. The van der Waals surface area contributed by atoms with Crippen molar-refractivity contribution < 1.29 is 18.4 Å². The summed E-state index contributed by atoms with van der Waals surface area (Å²) in [6, 6.07) is 18.6. The van der Waals surface area contributed by atoms with Crippen LogP contribution in [0.15, 0.2) is 90.6 Å². The Labute approximate surface area is 202 Å². The molecule has 172 valence electrons. The quantitative estimate of drug-likeness (QED) is 0.310. The topological polar surface area (TPSA) is 76.9 Å². The lowest BCUT2D eigenvalue weighted by atomic mass is 10.1. The van der Waals surface area contributed by atoms with Gasteiger partial charge in [0, 0.05) is 29.0 Å². The number of ketones is 1. The van der Waals surface area contributed by atoms with Gasteiger partial charge in [0.1, 0.15) is 17.3 Å². The van der Waals surface area contributed by atoms with E-state index >= 15 is 0 Å². The van der Waals surface area contributed by atoms with Crippen molar-refractivity contribution in [2.75, 3.05) is 5.32 Å². The molecule has 0 bridgehead atoms. The fourth-order valence-electron chi connectivity index (χ4n) is 3.50. The lowest BCUT2D eigenvalue weighted by Crippen LogP contribution is -2.13. The second-order valence-electron chi connectivity index (χ2n) is 7.49. The molecular formula is C26H16F2N4O2S. The van der Waals surface area contributed by atoms with Gasteiger partial charge in [0.05, 0.1) is 16.8 Å². The number of carbonyl (C=O) groups is 2. The zero-order valence-corrected chi connectivity index (χ0v) is 18.8. The van der Waals surface area contributed by atoms with Gasteiger partial charge in [-0.1, -0.05) is 18.2 Å². The van der Waals surface area contributed by atoms with Gasteiger partial charge in [-0.15, -0.1) is 11.3 Å². The number of nitrogens with zero attached hydrogens (tertiary/aromatic N) is 3. The number of hydrogen-bond donors (Lipinski definition) is 1. The summed E-state index contributed by atoms with van der Waals surface area (Å²) in [7, 11) is 0. The van der Waals surface area contributed by atoms with Crippen molar-refractivity contribution in [3.05, 3.63) is 118 Å². The lowest BCUT2D eigenvalue weighted by Gasteiger charge is -2.08. The number of thiazole rings is 1. The second-order valence-corrected chi connectivity index (χ2v) is 8.39. The van der Waals surface area contributed by atoms with Gasteiger partial charge < -0.3 is 5.32 Å². The number of para-hydroxylation sites is 1. The number of aromatic nitrogens is 3. The van der Waals surface area contributed by atoms with E-state index < -0.39 is 23.3 Å². The molecule has 1 N–H and O–H groups in total. The lowest BCUT2D eigenvalue weighted by molar-refractivity contribution is 0.102. The van der Waals surface area contributed by atoms with Crippen LogP contribution in [0, 0.1) is 11.6 Å². The van der Waals surface area contributed by atoms with Crippen molar-refractivity contribution in [2.45, 2.75) is 0 Å². The SMILES string of the molecule is O=C(c1nccs1)c1cc(NC(=O)c2cn(-c3ccccc3)nc2-c2ccc(F)cc2)ccc1F. The van der Waals surface area contributed by atoms with Crippen molar-refractivity contribution in [3.8, 4) is 16.9 Å². The summed E-state index contributed by atoms with van der Waals surface area (Å²) in [5.74, 6) is -2.22. The number of nitrogens with one attached hydrogen (secondary N) is 1. The highest BCUT2D eigenvalue weighted by Crippen LogP contribution is 2.26. The predicted octanol–water partition coefficient (Wildman–Crippen LogP) is 5.76. The summed E-state index contributed by atoms with van der Waals surface area (Å²) in [6.45, 7) is 0. The Morgan fingerprint density at radius 2 is 1.69 bits per heavy atom. The van der Waals surface area contributed by atoms with Gasteiger partial charge >= 0.3 is 0 Å². The molecular weight excluding hydrogens is 470 g/mol. The van der Waals surface area contributed by atoms with Gasteiger partial charge in [0.25, 0.3) is 5.91 Å². The van der Waals surface area contributed by atoms with E-state index in [4.69, 9.17) is 0 Å². The normalized spacial score (nSPS) is 10.8. The first-order valence-corrected chi connectivity index (χ1v) is 11.3. The van der Waals surface area contributed by atoms with E-state index in [1.54, 1.807) is 16.3 Å². The Morgan fingerprint density at radius 1 is 0.914 bits per heavy atom. The molecule has 0 saturated heterocycles. The summed E-state index contributed by atoms with van der Waals surface area (Å²) < 4.78 is 29.4. The Balaban J connectivity index is 1.50. The molecule has 5 rings (SSSR count). The Hall–Kier alpha value is -4.50. The zero-order chi connectivity index (χ0) is 24.4. The first-order valence-electron chi connectivity index (χ1n) is 10.5. The molecule has 0 aliphatic carbocycles. The van der Waals surface area contributed by atoms with Crippen LogP contribution in [0.2, 0.25) is 0 Å². The maximum Gasteiger partial charge on any atom is 0.259 e. The van der Waals surface area contributed by atoms with Gasteiger partial charge in [-0.25, -0.2) is 18.4 Å². The van der Waals surface area contributed by atoms with Crippen molar-refractivity contribution in [2.24, 2.45) is 0 Å². The number of amides is 1. The van der Waals surface area contributed by atoms with E-state index in [0.717, 1.165) is 23.1 Å². The molecule has 5 aromatic rings. The molecule has 0 aliphatic rings. The molecule has 2 heterocycles. The van der Waals surface area contributed by atoms with Crippen LogP contribution in [0.4, 0.5) is 14.5 Å². The summed E-state index contributed by atoms with van der Waals surface area (Å²) in [4.78, 5) is 29.8. The van der Waals surface area contributed by atoms with E-state index in [0.29, 0.717) is 11.3 Å². The third-order valence-corrected chi connectivity index (χ3v) is 5.96. The van der Waals surface area contributed by atoms with Gasteiger partial charge in [0.2, 0.25) is 5.78 Å². The first kappa shape index (κ1) is 22.3. The average Bonchev–Trinajstić information content (AvgIpc) is 3.57. The Morgan fingerprint density at radius 3 is 2.40 bits per heavy atom. The van der Waals surface area contributed by atoms with Crippen molar-refractivity contribution in [1.82, 2.24) is 14.8 Å². The van der Waals surface area contributed by atoms with Crippen LogP contribution < -0.4 is 5.32 Å². The summed E-state index contributed by atoms with van der Waals surface area (Å²) in [5, 5.41) is 9.03. The van der Waals surface area contributed by atoms with Crippen molar-refractivity contribution >= 4 is 28.7 Å². The van der Waals surface area contributed by atoms with Crippen LogP contribution in [-0.2, 0) is 0 Å². The number of carbonyl (C=O) groups excluding carboxylic acids is 2. The predicted molar refractivity (Wildman–Crippen MR) is 129 cm³/mol. The van der Waals surface area contributed by atoms with Crippen LogP contribution in [0.1, 0.15) is 25.7 Å². The van der Waals surface area contributed by atoms with Crippen LogP contribution >= 0.6 is 11.3 Å². The third-order valence-electron chi connectivity index (χ3n) is 5.19. The second kappa shape index (κ2) is 9.40. The van der Waals surface area contributed by atoms with Gasteiger partial charge in [0.15, 0.2) is 5.01 Å². The van der Waals surface area contributed by atoms with E-state index in [1.165, 1.54) is 42.6 Å². The summed E-state index contributed by atoms with van der Waals surface area (Å²) in [5.41, 5.74) is 1.87.